The van der Waals surface area contributed by atoms with Crippen LogP contribution in [0.4, 0.5) is 5.69 Å². The summed E-state index contributed by atoms with van der Waals surface area (Å²) in [5.74, 6) is 0. The Hall–Kier alpha value is -1.64. The predicted molar refractivity (Wildman–Crippen MR) is 80.7 cm³/mol. The molecule has 0 saturated heterocycles. The monoisotopic (exact) mass is 334 g/mol. The van der Waals surface area contributed by atoms with Crippen molar-refractivity contribution < 1.29 is 4.79 Å². The Balaban J connectivity index is 2.26. The van der Waals surface area contributed by atoms with Crippen LogP contribution in [0.3, 0.4) is 0 Å². The van der Waals surface area contributed by atoms with E-state index in [1.807, 2.05) is 18.0 Å². The lowest BCUT2D eigenvalue weighted by Crippen LogP contribution is -2.17. The molecule has 3 nitrogen and oxygen atoms in total. The van der Waals surface area contributed by atoms with Gasteiger partial charge in [0.2, 0.25) is 0 Å². The number of nitriles is 1. The Bertz CT molecular complexity index is 645. The molecule has 0 amide bonds. The maximum absolute atomic E-state index is 10.7. The van der Waals surface area contributed by atoms with Crippen molar-refractivity contribution in [1.29, 1.82) is 5.26 Å². The number of hydrogen-bond donors (Lipinski definition) is 0. The van der Waals surface area contributed by atoms with Gasteiger partial charge in [0.25, 0.3) is 0 Å². The summed E-state index contributed by atoms with van der Waals surface area (Å²) < 4.78 is 1.09. The Labute approximate surface area is 124 Å². The largest absolute Gasteiger partial charge is 0.369 e. The van der Waals surface area contributed by atoms with Gasteiger partial charge in [-0.2, -0.15) is 5.26 Å². The molecule has 0 aliphatic carbocycles. The summed E-state index contributed by atoms with van der Waals surface area (Å²) in [6.45, 7) is 0.719. The van der Waals surface area contributed by atoms with Gasteiger partial charge < -0.3 is 4.90 Å². The standard InChI is InChI=1S/C14H11BrN2OS/c1-17(7-11-5-14(15)19-9-11)13-3-2-10(8-18)4-12(13)6-16/h2-5,8-9H,7H2,1H3. The van der Waals surface area contributed by atoms with E-state index in [-0.39, 0.29) is 0 Å². The zero-order chi connectivity index (χ0) is 13.8. The number of nitrogens with zero attached hydrogens (tertiary/aromatic N) is 2. The summed E-state index contributed by atoms with van der Waals surface area (Å²) in [6, 6.07) is 9.35. The number of benzene rings is 1. The van der Waals surface area contributed by atoms with E-state index in [4.69, 9.17) is 5.26 Å². The molecule has 0 saturated carbocycles. The molecule has 2 aromatic rings. The molecule has 1 aromatic carbocycles. The molecule has 0 fully saturated rings. The Kier molecular flexibility index (Phi) is 4.35. The average molecular weight is 335 g/mol. The zero-order valence-corrected chi connectivity index (χ0v) is 12.7. The summed E-state index contributed by atoms with van der Waals surface area (Å²) in [7, 11) is 1.93. The van der Waals surface area contributed by atoms with Crippen molar-refractivity contribution in [2.45, 2.75) is 6.54 Å². The van der Waals surface area contributed by atoms with Crippen LogP contribution >= 0.6 is 27.3 Å². The molecule has 1 heterocycles. The molecule has 0 aliphatic heterocycles. The number of anilines is 1. The second kappa shape index (κ2) is 6.00. The molecule has 0 N–H and O–H groups in total. The fourth-order valence-corrected chi connectivity index (χ4v) is 3.04. The second-order valence-corrected chi connectivity index (χ2v) is 6.41. The SMILES string of the molecule is CN(Cc1csc(Br)c1)c1ccc(C=O)cc1C#N. The summed E-state index contributed by atoms with van der Waals surface area (Å²) in [5.41, 5.74) is 3.05. The zero-order valence-electron chi connectivity index (χ0n) is 10.3. The number of rotatable bonds is 4. The van der Waals surface area contributed by atoms with Crippen LogP contribution in [0.1, 0.15) is 21.5 Å². The summed E-state index contributed by atoms with van der Waals surface area (Å²) in [5, 5.41) is 11.2. The summed E-state index contributed by atoms with van der Waals surface area (Å²) in [4.78, 5) is 12.7. The second-order valence-electron chi connectivity index (χ2n) is 4.12. The van der Waals surface area contributed by atoms with Crippen LogP contribution < -0.4 is 4.90 Å². The normalized spacial score (nSPS) is 9.95. The van der Waals surface area contributed by atoms with Gasteiger partial charge in [-0.25, -0.2) is 0 Å². The van der Waals surface area contributed by atoms with Crippen LogP contribution in [0.5, 0.6) is 0 Å². The lowest BCUT2D eigenvalue weighted by molar-refractivity contribution is 0.112. The molecule has 0 unspecified atom stereocenters. The van der Waals surface area contributed by atoms with Gasteiger partial charge in [-0.15, -0.1) is 11.3 Å². The van der Waals surface area contributed by atoms with Gasteiger partial charge in [-0.3, -0.25) is 4.79 Å². The molecular formula is C14H11BrN2OS. The van der Waals surface area contributed by atoms with Crippen molar-refractivity contribution in [2.75, 3.05) is 11.9 Å². The molecule has 19 heavy (non-hydrogen) atoms. The van der Waals surface area contributed by atoms with Crippen molar-refractivity contribution in [3.63, 3.8) is 0 Å². The minimum atomic E-state index is 0.515. The van der Waals surface area contributed by atoms with Crippen molar-refractivity contribution in [3.05, 3.63) is 50.1 Å². The quantitative estimate of drug-likeness (QED) is 0.798. The molecule has 96 valence electrons. The molecular weight excluding hydrogens is 324 g/mol. The van der Waals surface area contributed by atoms with Crippen molar-refractivity contribution in [2.24, 2.45) is 0 Å². The third-order valence-corrected chi connectivity index (χ3v) is 4.28. The Morgan fingerprint density at radius 2 is 2.26 bits per heavy atom. The highest BCUT2D eigenvalue weighted by Crippen LogP contribution is 2.25. The van der Waals surface area contributed by atoms with E-state index in [0.717, 1.165) is 22.3 Å². The number of carbonyl (C=O) groups excluding carboxylic acids is 1. The highest BCUT2D eigenvalue weighted by Gasteiger charge is 2.09. The molecule has 2 rings (SSSR count). The van der Waals surface area contributed by atoms with Gasteiger partial charge in [0.15, 0.2) is 0 Å². The first-order chi connectivity index (χ1) is 9.13. The van der Waals surface area contributed by atoms with Crippen molar-refractivity contribution in [1.82, 2.24) is 0 Å². The maximum atomic E-state index is 10.7. The topological polar surface area (TPSA) is 44.1 Å². The van der Waals surface area contributed by atoms with Crippen LogP contribution in [-0.2, 0) is 6.54 Å². The average Bonchev–Trinajstić information content (AvgIpc) is 2.83. The molecule has 5 heteroatoms. The number of halogens is 1. The molecule has 0 aliphatic rings. The van der Waals surface area contributed by atoms with Crippen LogP contribution in [-0.4, -0.2) is 13.3 Å². The first-order valence-corrected chi connectivity index (χ1v) is 7.24. The fraction of sp³-hybridized carbons (Fsp3) is 0.143. The molecule has 0 atom stereocenters. The van der Waals surface area contributed by atoms with Gasteiger partial charge in [0, 0.05) is 19.2 Å². The highest BCUT2D eigenvalue weighted by atomic mass is 79.9. The number of aldehydes is 1. The minimum absolute atomic E-state index is 0.515. The van der Waals surface area contributed by atoms with Crippen LogP contribution in [0.25, 0.3) is 0 Å². The van der Waals surface area contributed by atoms with Gasteiger partial charge in [-0.1, -0.05) is 0 Å². The van der Waals surface area contributed by atoms with Crippen molar-refractivity contribution in [3.8, 4) is 6.07 Å². The van der Waals surface area contributed by atoms with Gasteiger partial charge in [0.1, 0.15) is 12.4 Å². The lowest BCUT2D eigenvalue weighted by Gasteiger charge is -2.20. The maximum Gasteiger partial charge on any atom is 0.150 e. The van der Waals surface area contributed by atoms with E-state index >= 15 is 0 Å². The number of hydrogen-bond acceptors (Lipinski definition) is 4. The van der Waals surface area contributed by atoms with Crippen LogP contribution in [0, 0.1) is 11.3 Å². The summed E-state index contributed by atoms with van der Waals surface area (Å²) >= 11 is 5.07. The number of carbonyl (C=O) groups is 1. The van der Waals surface area contributed by atoms with Gasteiger partial charge in [-0.05, 0) is 51.1 Å². The predicted octanol–water partition coefficient (Wildman–Crippen LogP) is 3.83. The number of thiophene rings is 1. The van der Waals surface area contributed by atoms with E-state index in [0.29, 0.717) is 11.1 Å². The van der Waals surface area contributed by atoms with Gasteiger partial charge >= 0.3 is 0 Å². The minimum Gasteiger partial charge on any atom is -0.369 e. The Morgan fingerprint density at radius 3 is 2.84 bits per heavy atom. The fourth-order valence-electron chi connectivity index (χ4n) is 1.84. The van der Waals surface area contributed by atoms with Gasteiger partial charge in [0.05, 0.1) is 15.0 Å². The smallest absolute Gasteiger partial charge is 0.150 e. The van der Waals surface area contributed by atoms with Crippen molar-refractivity contribution >= 4 is 39.2 Å². The Morgan fingerprint density at radius 1 is 1.47 bits per heavy atom. The molecule has 0 radical (unpaired) electrons. The summed E-state index contributed by atoms with van der Waals surface area (Å²) in [6.07, 6.45) is 0.751. The third kappa shape index (κ3) is 3.22. The lowest BCUT2D eigenvalue weighted by atomic mass is 10.1. The van der Waals surface area contributed by atoms with Crippen LogP contribution in [0.2, 0.25) is 0 Å². The van der Waals surface area contributed by atoms with E-state index in [1.54, 1.807) is 23.5 Å². The van der Waals surface area contributed by atoms with Crippen LogP contribution in [0.15, 0.2) is 33.4 Å². The van der Waals surface area contributed by atoms with E-state index in [1.165, 1.54) is 5.56 Å². The van der Waals surface area contributed by atoms with E-state index in [9.17, 15) is 4.79 Å². The van der Waals surface area contributed by atoms with E-state index < -0.39 is 0 Å². The molecule has 1 aromatic heterocycles. The van der Waals surface area contributed by atoms with E-state index in [2.05, 4.69) is 33.4 Å². The molecule has 0 bridgehead atoms. The first kappa shape index (κ1) is 13.8. The first-order valence-electron chi connectivity index (χ1n) is 5.57. The molecule has 0 spiro atoms. The highest BCUT2D eigenvalue weighted by molar-refractivity contribution is 9.11. The third-order valence-electron chi connectivity index (χ3n) is 2.73.